The van der Waals surface area contributed by atoms with Crippen LogP contribution in [0.1, 0.15) is 26.7 Å². The van der Waals surface area contributed by atoms with Crippen molar-refractivity contribution in [3.8, 4) is 0 Å². The Morgan fingerprint density at radius 3 is 2.04 bits per heavy atom. The zero-order chi connectivity index (χ0) is 13.5. The molecule has 0 saturated heterocycles. The van der Waals surface area contributed by atoms with Gasteiger partial charge in [-0.25, -0.2) is 22.9 Å². The van der Waals surface area contributed by atoms with Crippen LogP contribution in [-0.2, 0) is 21.1 Å². The van der Waals surface area contributed by atoms with E-state index in [1.54, 1.807) is 0 Å². The Labute approximate surface area is 161 Å². The van der Waals surface area contributed by atoms with Crippen molar-refractivity contribution in [2.75, 3.05) is 0 Å². The molecule has 0 radical (unpaired) electrons. The molecule has 0 nitrogen and oxygen atoms in total. The molecule has 0 amide bonds. The average molecular weight is 505 g/mol. The maximum atomic E-state index is 3.51. The molecule has 0 saturated carbocycles. The Hall–Kier alpha value is -0.915. The van der Waals surface area contributed by atoms with E-state index in [0.29, 0.717) is 0 Å². The van der Waals surface area contributed by atoms with Gasteiger partial charge in [0, 0.05) is 30.6 Å². The van der Waals surface area contributed by atoms with Crippen LogP contribution >= 0.6 is 0 Å². The van der Waals surface area contributed by atoms with Crippen molar-refractivity contribution in [2.24, 2.45) is 0 Å². The molecule has 2 aliphatic carbocycles. The van der Waals surface area contributed by atoms with Crippen molar-refractivity contribution in [1.29, 1.82) is 0 Å². The quantitative estimate of drug-likeness (QED) is 0.409. The van der Waals surface area contributed by atoms with Gasteiger partial charge in [-0.05, 0) is 0 Å². The molecule has 1 aromatic carbocycles. The van der Waals surface area contributed by atoms with Gasteiger partial charge in [0.05, 0.1) is 0 Å². The summed E-state index contributed by atoms with van der Waals surface area (Å²) in [5.74, 6) is 0. The van der Waals surface area contributed by atoms with E-state index in [-0.39, 0.29) is 52.9 Å². The zero-order valence-electron chi connectivity index (χ0n) is 15.1. The number of allylic oxidation sites excluding steroid dienone is 8. The van der Waals surface area contributed by atoms with Crippen LogP contribution in [0.25, 0.3) is 0 Å². The molecule has 0 heterocycles. The minimum atomic E-state index is -0.267. The molecule has 0 atom stereocenters. The van der Waals surface area contributed by atoms with Crippen molar-refractivity contribution in [1.82, 2.24) is 0 Å². The van der Waals surface area contributed by atoms with Crippen molar-refractivity contribution in [3.63, 3.8) is 0 Å². The first-order valence-electron chi connectivity index (χ1n) is 6.79. The molecular weight excluding hydrogens is 475 g/mol. The normalized spacial score (nSPS) is 14.1. The first kappa shape index (κ1) is 27.0. The number of rotatable bonds is 2. The Morgan fingerprint density at radius 1 is 1.00 bits per heavy atom. The smallest absolute Gasteiger partial charge is 0.0498 e. The summed E-state index contributed by atoms with van der Waals surface area (Å²) in [7, 11) is -0.267. The van der Waals surface area contributed by atoms with Crippen molar-refractivity contribution in [2.45, 2.75) is 26.7 Å². The third kappa shape index (κ3) is 9.08. The number of hydrogen-bond donors (Lipinski definition) is 0. The Morgan fingerprint density at radius 2 is 1.65 bits per heavy atom. The van der Waals surface area contributed by atoms with Crippen LogP contribution in [-0.4, -0.2) is 9.52 Å². The third-order valence-corrected chi connectivity index (χ3v) is 5.48. The van der Waals surface area contributed by atoms with Crippen LogP contribution in [0.2, 0.25) is 0 Å². The van der Waals surface area contributed by atoms with Gasteiger partial charge in [-0.2, -0.15) is 11.6 Å². The third-order valence-electron chi connectivity index (χ3n) is 3.47. The van der Waals surface area contributed by atoms with Crippen LogP contribution in [0.15, 0.2) is 64.9 Å². The Kier molecular flexibility index (Phi) is 17.2. The van der Waals surface area contributed by atoms with E-state index >= 15 is 0 Å². The van der Waals surface area contributed by atoms with E-state index in [1.807, 2.05) is 12.2 Å². The van der Waals surface area contributed by atoms with Gasteiger partial charge < -0.3 is 22.3 Å². The Bertz CT molecular complexity index is 526. The van der Waals surface area contributed by atoms with Gasteiger partial charge in [0.1, 0.15) is 0 Å². The molecule has 0 bridgehead atoms. The SMILES string of the molecule is CC1=C(C)C([SiH2]c2ccccc2)=[C-]C1.[C-]1=CC=CC1.[CH3-].[CH3-].[CH3-].[Pt]. The van der Waals surface area contributed by atoms with Gasteiger partial charge in [0.15, 0.2) is 0 Å². The predicted octanol–water partition coefficient (Wildman–Crippen LogP) is 4.56. The maximum absolute atomic E-state index is 3.51. The summed E-state index contributed by atoms with van der Waals surface area (Å²) in [4.78, 5) is 0. The van der Waals surface area contributed by atoms with E-state index in [9.17, 15) is 0 Å². The predicted molar refractivity (Wildman–Crippen MR) is 105 cm³/mol. The monoisotopic (exact) mass is 504 g/mol. The van der Waals surface area contributed by atoms with Gasteiger partial charge in [0.25, 0.3) is 0 Å². The molecule has 1 aromatic rings. The van der Waals surface area contributed by atoms with E-state index in [2.05, 4.69) is 62.4 Å². The van der Waals surface area contributed by atoms with E-state index in [1.165, 1.54) is 21.5 Å². The molecule has 0 fully saturated rings. The second-order valence-corrected chi connectivity index (χ2v) is 6.78. The molecule has 0 unspecified atom stereocenters. The van der Waals surface area contributed by atoms with Gasteiger partial charge in [-0.1, -0.05) is 42.4 Å². The summed E-state index contributed by atoms with van der Waals surface area (Å²) in [6.07, 6.45) is 14.6. The minimum Gasteiger partial charge on any atom is -0.358 e. The van der Waals surface area contributed by atoms with E-state index < -0.39 is 0 Å². The largest absolute Gasteiger partial charge is 0.358 e. The zero-order valence-corrected chi connectivity index (χ0v) is 18.7. The second kappa shape index (κ2) is 14.7. The molecule has 0 aliphatic heterocycles. The maximum Gasteiger partial charge on any atom is 0.0498 e. The molecule has 0 aromatic heterocycles. The summed E-state index contributed by atoms with van der Waals surface area (Å²) in [5, 5.41) is 3.04. The molecule has 23 heavy (non-hydrogen) atoms. The minimum absolute atomic E-state index is 0. The van der Waals surface area contributed by atoms with E-state index in [0.717, 1.165) is 12.8 Å². The summed E-state index contributed by atoms with van der Waals surface area (Å²) in [6.45, 7) is 4.45. The molecule has 2 aliphatic rings. The van der Waals surface area contributed by atoms with Crippen LogP contribution < -0.4 is 5.19 Å². The fourth-order valence-corrected chi connectivity index (χ4v) is 3.83. The van der Waals surface area contributed by atoms with Crippen LogP contribution in [0.4, 0.5) is 0 Å². The van der Waals surface area contributed by atoms with Gasteiger partial charge in [-0.3, -0.25) is 12.2 Å². The number of hydrogen-bond acceptors (Lipinski definition) is 0. The first-order valence-corrected chi connectivity index (χ1v) is 8.21. The van der Waals surface area contributed by atoms with Crippen LogP contribution in [0, 0.1) is 34.4 Å². The van der Waals surface area contributed by atoms with Crippen molar-refractivity contribution >= 4 is 14.7 Å². The van der Waals surface area contributed by atoms with Crippen LogP contribution in [0.3, 0.4) is 0 Å². The van der Waals surface area contributed by atoms with Crippen molar-refractivity contribution in [3.05, 3.63) is 99.3 Å². The number of benzene rings is 1. The molecule has 0 spiro atoms. The first-order chi connectivity index (χ1) is 9.27. The topological polar surface area (TPSA) is 0 Å². The van der Waals surface area contributed by atoms with Crippen LogP contribution in [0.5, 0.6) is 0 Å². The summed E-state index contributed by atoms with van der Waals surface area (Å²) >= 11 is 0. The Balaban J connectivity index is -0.000000389. The molecule has 3 rings (SSSR count). The summed E-state index contributed by atoms with van der Waals surface area (Å²) < 4.78 is 0. The summed E-state index contributed by atoms with van der Waals surface area (Å²) in [5.41, 5.74) is 3.00. The average Bonchev–Trinajstić information content (AvgIpc) is 3.10. The second-order valence-electron chi connectivity index (χ2n) is 4.90. The molecular formula is C21H29PtSi-5. The summed E-state index contributed by atoms with van der Waals surface area (Å²) in [6, 6.07) is 10.8. The van der Waals surface area contributed by atoms with Gasteiger partial charge >= 0.3 is 0 Å². The van der Waals surface area contributed by atoms with E-state index in [4.69, 9.17) is 0 Å². The fourth-order valence-electron chi connectivity index (χ4n) is 2.10. The van der Waals surface area contributed by atoms with Crippen molar-refractivity contribution < 1.29 is 21.1 Å². The van der Waals surface area contributed by atoms with Gasteiger partial charge in [0.2, 0.25) is 0 Å². The van der Waals surface area contributed by atoms with Gasteiger partial charge in [-0.15, -0.1) is 19.8 Å². The fraction of sp³-hybridized carbons (Fsp3) is 0.190. The molecule has 2 heteroatoms. The standard InChI is InChI=1S/C13H15Si.C5H5.3CH3.Pt/c1-10-8-9-13(11(10)2)14-12-6-4-3-5-7-12;1-2-4-5-3-1;;;;/h3-7H,8,14H2,1-2H3;1-3H,4H2;3*1H3;/q5*-1;. The molecule has 132 valence electrons. The molecule has 0 N–H and O–H groups in total.